The second kappa shape index (κ2) is 10.2. The maximum absolute atomic E-state index is 13.6. The summed E-state index contributed by atoms with van der Waals surface area (Å²) in [6, 6.07) is 13.9. The molecule has 9 heteroatoms. The molecule has 0 spiro atoms. The van der Waals surface area contributed by atoms with E-state index in [4.69, 9.17) is 0 Å². The molecule has 0 radical (unpaired) electrons. The number of fused-ring (bicyclic) bond motifs is 1. The fourth-order valence-electron chi connectivity index (χ4n) is 4.78. The van der Waals surface area contributed by atoms with Gasteiger partial charge in [0.15, 0.2) is 0 Å². The highest BCUT2D eigenvalue weighted by Crippen LogP contribution is 2.37. The third kappa shape index (κ3) is 5.50. The lowest BCUT2D eigenvalue weighted by Crippen LogP contribution is -2.43. The van der Waals surface area contributed by atoms with Crippen molar-refractivity contribution in [1.82, 2.24) is 10.3 Å². The molecule has 4 rings (SSSR count). The van der Waals surface area contributed by atoms with E-state index < -0.39 is 11.9 Å². The van der Waals surface area contributed by atoms with Crippen LogP contribution < -0.4 is 20.4 Å². The summed E-state index contributed by atoms with van der Waals surface area (Å²) in [4.78, 5) is 20.5. The smallest absolute Gasteiger partial charge is 0.388 e. The zero-order valence-electron chi connectivity index (χ0n) is 21.0. The van der Waals surface area contributed by atoms with Crippen LogP contribution in [0.25, 0.3) is 10.9 Å². The van der Waals surface area contributed by atoms with Gasteiger partial charge in [0, 0.05) is 68.3 Å². The summed E-state index contributed by atoms with van der Waals surface area (Å²) in [6.45, 7) is 0. The zero-order chi connectivity index (χ0) is 26.0. The van der Waals surface area contributed by atoms with Crippen LogP contribution >= 0.6 is 0 Å². The monoisotopic (exact) mass is 499 g/mol. The summed E-state index contributed by atoms with van der Waals surface area (Å²) in [5, 5.41) is 6.84. The number of rotatable bonds is 6. The molecule has 1 fully saturated rings. The third-order valence-electron chi connectivity index (χ3n) is 6.97. The Labute approximate surface area is 209 Å². The van der Waals surface area contributed by atoms with Crippen LogP contribution in [-0.2, 0) is 6.18 Å². The van der Waals surface area contributed by atoms with Gasteiger partial charge in [0.2, 0.25) is 0 Å². The number of pyridine rings is 1. The Morgan fingerprint density at radius 2 is 1.64 bits per heavy atom. The lowest BCUT2D eigenvalue weighted by molar-refractivity contribution is -0.140. The number of benzene rings is 2. The molecule has 0 bridgehead atoms. The van der Waals surface area contributed by atoms with Crippen molar-refractivity contribution in [1.29, 1.82) is 0 Å². The van der Waals surface area contributed by atoms with Gasteiger partial charge in [0.05, 0.1) is 5.52 Å². The molecular formula is C27H32F3N5O. The summed E-state index contributed by atoms with van der Waals surface area (Å²) in [5.41, 5.74) is 2.38. The van der Waals surface area contributed by atoms with E-state index >= 15 is 0 Å². The molecule has 36 heavy (non-hydrogen) atoms. The van der Waals surface area contributed by atoms with Crippen molar-refractivity contribution < 1.29 is 18.0 Å². The number of amides is 1. The highest BCUT2D eigenvalue weighted by Gasteiger charge is 2.35. The molecule has 1 aliphatic rings. The Kier molecular flexibility index (Phi) is 7.28. The maximum Gasteiger partial charge on any atom is 0.433 e. The second-order valence-electron chi connectivity index (χ2n) is 9.54. The van der Waals surface area contributed by atoms with Gasteiger partial charge in [-0.1, -0.05) is 0 Å². The van der Waals surface area contributed by atoms with Crippen molar-refractivity contribution in [2.75, 3.05) is 43.3 Å². The van der Waals surface area contributed by atoms with Crippen molar-refractivity contribution in [3.63, 3.8) is 0 Å². The van der Waals surface area contributed by atoms with Gasteiger partial charge in [0.25, 0.3) is 5.91 Å². The number of alkyl halides is 3. The fourth-order valence-corrected chi connectivity index (χ4v) is 4.78. The van der Waals surface area contributed by atoms with Crippen LogP contribution in [0, 0.1) is 0 Å². The fraction of sp³-hybridized carbons (Fsp3) is 0.407. The highest BCUT2D eigenvalue weighted by molar-refractivity contribution is 5.95. The molecule has 2 aromatic carbocycles. The summed E-state index contributed by atoms with van der Waals surface area (Å²) in [6.07, 6.45) is -1.49. The predicted molar refractivity (Wildman–Crippen MR) is 139 cm³/mol. The molecule has 3 aromatic rings. The average molecular weight is 500 g/mol. The van der Waals surface area contributed by atoms with Crippen molar-refractivity contribution >= 4 is 33.9 Å². The first-order valence-corrected chi connectivity index (χ1v) is 12.1. The van der Waals surface area contributed by atoms with E-state index in [2.05, 4.69) is 15.6 Å². The quantitative estimate of drug-likeness (QED) is 0.467. The molecule has 0 unspecified atom stereocenters. The molecule has 0 saturated heterocycles. The molecule has 1 aromatic heterocycles. The molecular weight excluding hydrogens is 467 g/mol. The van der Waals surface area contributed by atoms with Crippen LogP contribution in [0.5, 0.6) is 0 Å². The number of aromatic nitrogens is 1. The first-order chi connectivity index (χ1) is 17.1. The lowest BCUT2D eigenvalue weighted by atomic mass is 9.89. The van der Waals surface area contributed by atoms with E-state index in [9.17, 15) is 18.0 Å². The van der Waals surface area contributed by atoms with Crippen LogP contribution in [0.4, 0.5) is 30.2 Å². The maximum atomic E-state index is 13.6. The van der Waals surface area contributed by atoms with Gasteiger partial charge in [-0.2, -0.15) is 13.2 Å². The molecule has 0 atom stereocenters. The van der Waals surface area contributed by atoms with E-state index in [1.807, 2.05) is 61.3 Å². The molecule has 2 N–H and O–H groups in total. The lowest BCUT2D eigenvalue weighted by Gasteiger charge is -2.37. The van der Waals surface area contributed by atoms with Gasteiger partial charge in [0.1, 0.15) is 5.69 Å². The third-order valence-corrected chi connectivity index (χ3v) is 6.97. The van der Waals surface area contributed by atoms with Crippen molar-refractivity contribution in [3.05, 3.63) is 59.8 Å². The number of nitrogens with one attached hydrogen (secondary N) is 2. The summed E-state index contributed by atoms with van der Waals surface area (Å²) in [7, 11) is 7.51. The van der Waals surface area contributed by atoms with Gasteiger partial charge < -0.3 is 20.4 Å². The Morgan fingerprint density at radius 3 is 2.22 bits per heavy atom. The van der Waals surface area contributed by atoms with Gasteiger partial charge in [-0.05, 0) is 74.2 Å². The van der Waals surface area contributed by atoms with E-state index in [0.29, 0.717) is 22.2 Å². The predicted octanol–water partition coefficient (Wildman–Crippen LogP) is 5.54. The van der Waals surface area contributed by atoms with E-state index in [1.54, 1.807) is 19.2 Å². The Morgan fingerprint density at radius 1 is 0.972 bits per heavy atom. The standard InChI is InChI=1S/C27H32F3N5O/c1-31-19-9-14-23-22(15-19)24(16-25(33-23)27(28,29)30)35(4)21-12-7-18(8-13-21)32-26(36)17-5-10-20(11-6-17)34(2)3/h5-6,9-11,14-16,18,21,31H,7-8,12-13H2,1-4H3,(H,32,36)/t18-,21+. The number of anilines is 3. The normalized spacial score (nSPS) is 18.1. The van der Waals surface area contributed by atoms with E-state index in [0.717, 1.165) is 43.1 Å². The Balaban J connectivity index is 1.47. The zero-order valence-corrected chi connectivity index (χ0v) is 21.0. The summed E-state index contributed by atoms with van der Waals surface area (Å²) < 4.78 is 40.8. The second-order valence-corrected chi connectivity index (χ2v) is 9.54. The Hall–Kier alpha value is -3.49. The van der Waals surface area contributed by atoms with Crippen LogP contribution in [0.1, 0.15) is 41.7 Å². The Bertz CT molecular complexity index is 1220. The molecule has 192 valence electrons. The van der Waals surface area contributed by atoms with Crippen LogP contribution in [0.3, 0.4) is 0 Å². The van der Waals surface area contributed by atoms with Gasteiger partial charge >= 0.3 is 6.18 Å². The van der Waals surface area contributed by atoms with Crippen molar-refractivity contribution in [2.45, 2.75) is 43.9 Å². The van der Waals surface area contributed by atoms with Crippen LogP contribution in [-0.4, -0.2) is 51.2 Å². The minimum Gasteiger partial charge on any atom is -0.388 e. The minimum atomic E-state index is -4.53. The highest BCUT2D eigenvalue weighted by atomic mass is 19.4. The molecule has 1 saturated carbocycles. The number of hydrogen-bond donors (Lipinski definition) is 2. The van der Waals surface area contributed by atoms with Crippen molar-refractivity contribution in [2.24, 2.45) is 0 Å². The van der Waals surface area contributed by atoms with E-state index in [1.165, 1.54) is 0 Å². The number of nitrogens with zero attached hydrogens (tertiary/aromatic N) is 3. The first kappa shape index (κ1) is 25.6. The number of hydrogen-bond acceptors (Lipinski definition) is 5. The molecule has 6 nitrogen and oxygen atoms in total. The largest absolute Gasteiger partial charge is 0.433 e. The first-order valence-electron chi connectivity index (χ1n) is 12.1. The summed E-state index contributed by atoms with van der Waals surface area (Å²) >= 11 is 0. The van der Waals surface area contributed by atoms with Crippen LogP contribution in [0.15, 0.2) is 48.5 Å². The number of carbonyl (C=O) groups excluding carboxylic acids is 1. The van der Waals surface area contributed by atoms with Gasteiger partial charge in [-0.3, -0.25) is 4.79 Å². The van der Waals surface area contributed by atoms with E-state index in [-0.39, 0.29) is 18.0 Å². The topological polar surface area (TPSA) is 60.5 Å². The average Bonchev–Trinajstić information content (AvgIpc) is 2.87. The molecule has 1 amide bonds. The number of halogens is 3. The van der Waals surface area contributed by atoms with Crippen LogP contribution in [0.2, 0.25) is 0 Å². The van der Waals surface area contributed by atoms with Gasteiger partial charge in [-0.25, -0.2) is 4.98 Å². The number of carbonyl (C=O) groups is 1. The summed E-state index contributed by atoms with van der Waals surface area (Å²) in [5.74, 6) is -0.105. The van der Waals surface area contributed by atoms with Gasteiger partial charge in [-0.15, -0.1) is 0 Å². The SMILES string of the molecule is CNc1ccc2nc(C(F)(F)F)cc(N(C)[C@H]3CC[C@@H](NC(=O)c4ccc(N(C)C)cc4)CC3)c2c1. The minimum absolute atomic E-state index is 0.0338. The molecule has 0 aliphatic heterocycles. The molecule has 1 aliphatic carbocycles. The molecule has 1 heterocycles. The van der Waals surface area contributed by atoms with Crippen molar-refractivity contribution in [3.8, 4) is 0 Å².